The third-order valence-corrected chi connectivity index (χ3v) is 3.55. The summed E-state index contributed by atoms with van der Waals surface area (Å²) in [5.41, 5.74) is 7.32. The first-order valence-corrected chi connectivity index (χ1v) is 6.72. The third-order valence-electron chi connectivity index (χ3n) is 3.33. The molecule has 0 bridgehead atoms. The SMILES string of the molecule is CCC(C)N(CC)Cc1cc(F)ccc1C(N)=S. The first-order valence-electron chi connectivity index (χ1n) is 6.31. The van der Waals surface area contributed by atoms with Gasteiger partial charge >= 0.3 is 0 Å². The third kappa shape index (κ3) is 3.75. The van der Waals surface area contributed by atoms with Gasteiger partial charge in [0.05, 0.1) is 0 Å². The first-order chi connectivity index (χ1) is 8.49. The van der Waals surface area contributed by atoms with Crippen molar-refractivity contribution in [3.8, 4) is 0 Å². The Morgan fingerprint density at radius 1 is 1.44 bits per heavy atom. The van der Waals surface area contributed by atoms with E-state index >= 15 is 0 Å². The normalized spacial score (nSPS) is 12.7. The Morgan fingerprint density at radius 2 is 2.11 bits per heavy atom. The van der Waals surface area contributed by atoms with E-state index in [0.717, 1.165) is 24.1 Å². The highest BCUT2D eigenvalue weighted by atomic mass is 32.1. The van der Waals surface area contributed by atoms with E-state index in [9.17, 15) is 4.39 Å². The molecule has 0 radical (unpaired) electrons. The van der Waals surface area contributed by atoms with Crippen LogP contribution in [-0.4, -0.2) is 22.5 Å². The Hall–Kier alpha value is -1.00. The summed E-state index contributed by atoms with van der Waals surface area (Å²) in [7, 11) is 0. The summed E-state index contributed by atoms with van der Waals surface area (Å²) in [6, 6.07) is 5.05. The molecule has 0 heterocycles. The molecule has 1 aromatic rings. The number of thiocarbonyl (C=S) groups is 1. The maximum Gasteiger partial charge on any atom is 0.123 e. The summed E-state index contributed by atoms with van der Waals surface area (Å²) < 4.78 is 13.3. The standard InChI is InChI=1S/C14H21FN2S/c1-4-10(3)17(5-2)9-11-8-12(15)6-7-13(11)14(16)18/h6-8,10H,4-5,9H2,1-3H3,(H2,16,18). The molecule has 1 rings (SSSR count). The largest absolute Gasteiger partial charge is 0.389 e. The fourth-order valence-corrected chi connectivity index (χ4v) is 2.19. The average molecular weight is 268 g/mol. The van der Waals surface area contributed by atoms with Gasteiger partial charge in [-0.2, -0.15) is 0 Å². The summed E-state index contributed by atoms with van der Waals surface area (Å²) in [6.45, 7) is 8.01. The van der Waals surface area contributed by atoms with Crippen LogP contribution >= 0.6 is 12.2 Å². The second-order valence-electron chi connectivity index (χ2n) is 4.49. The minimum absolute atomic E-state index is 0.245. The van der Waals surface area contributed by atoms with Crippen molar-refractivity contribution < 1.29 is 4.39 Å². The molecule has 0 aliphatic heterocycles. The van der Waals surface area contributed by atoms with Crippen molar-refractivity contribution in [1.29, 1.82) is 0 Å². The smallest absolute Gasteiger partial charge is 0.123 e. The molecule has 2 nitrogen and oxygen atoms in total. The molecule has 0 saturated heterocycles. The van der Waals surface area contributed by atoms with Gasteiger partial charge in [-0.25, -0.2) is 4.39 Å². The van der Waals surface area contributed by atoms with Crippen LogP contribution in [0.4, 0.5) is 4.39 Å². The van der Waals surface area contributed by atoms with Crippen molar-refractivity contribution in [2.24, 2.45) is 5.73 Å². The van der Waals surface area contributed by atoms with E-state index in [1.807, 2.05) is 0 Å². The summed E-state index contributed by atoms with van der Waals surface area (Å²) in [6.07, 6.45) is 1.06. The predicted molar refractivity (Wildman–Crippen MR) is 78.1 cm³/mol. The van der Waals surface area contributed by atoms with Crippen LogP contribution in [0, 0.1) is 5.82 Å². The van der Waals surface area contributed by atoms with Crippen LogP contribution in [0.3, 0.4) is 0 Å². The molecule has 0 aromatic heterocycles. The van der Waals surface area contributed by atoms with Gasteiger partial charge in [0.1, 0.15) is 10.8 Å². The molecule has 0 saturated carbocycles. The van der Waals surface area contributed by atoms with E-state index in [-0.39, 0.29) is 5.82 Å². The van der Waals surface area contributed by atoms with Gasteiger partial charge in [0.25, 0.3) is 0 Å². The Morgan fingerprint density at radius 3 is 2.61 bits per heavy atom. The van der Waals surface area contributed by atoms with Crippen molar-refractivity contribution >= 4 is 17.2 Å². The van der Waals surface area contributed by atoms with Gasteiger partial charge < -0.3 is 5.73 Å². The average Bonchev–Trinajstić information content (AvgIpc) is 2.34. The lowest BCUT2D eigenvalue weighted by atomic mass is 10.1. The summed E-state index contributed by atoms with van der Waals surface area (Å²) in [4.78, 5) is 2.61. The van der Waals surface area contributed by atoms with Crippen LogP contribution in [0.1, 0.15) is 38.3 Å². The number of hydrogen-bond donors (Lipinski definition) is 1. The Balaban J connectivity index is 3.00. The molecule has 100 valence electrons. The van der Waals surface area contributed by atoms with Crippen LogP contribution in [0.2, 0.25) is 0 Å². The van der Waals surface area contributed by atoms with Gasteiger partial charge in [0.2, 0.25) is 0 Å². The molecule has 0 aliphatic rings. The lowest BCUT2D eigenvalue weighted by Crippen LogP contribution is -2.32. The fourth-order valence-electron chi connectivity index (χ4n) is 1.99. The number of halogens is 1. The molecule has 1 aromatic carbocycles. The Bertz CT molecular complexity index is 420. The van der Waals surface area contributed by atoms with Gasteiger partial charge in [-0.1, -0.05) is 26.1 Å². The molecule has 1 unspecified atom stereocenters. The molecule has 4 heteroatoms. The van der Waals surface area contributed by atoms with E-state index < -0.39 is 0 Å². The number of nitrogens with zero attached hydrogens (tertiary/aromatic N) is 1. The van der Waals surface area contributed by atoms with Gasteiger partial charge in [-0.05, 0) is 43.7 Å². The van der Waals surface area contributed by atoms with E-state index in [0.29, 0.717) is 17.6 Å². The van der Waals surface area contributed by atoms with Gasteiger partial charge in [-0.15, -0.1) is 0 Å². The van der Waals surface area contributed by atoms with Crippen LogP contribution in [0.5, 0.6) is 0 Å². The maximum absolute atomic E-state index is 13.3. The molecule has 0 aliphatic carbocycles. The molecule has 0 amide bonds. The van der Waals surface area contributed by atoms with E-state index in [2.05, 4.69) is 25.7 Å². The molecular weight excluding hydrogens is 247 g/mol. The quantitative estimate of drug-likeness (QED) is 0.804. The second kappa shape index (κ2) is 6.81. The van der Waals surface area contributed by atoms with Crippen LogP contribution in [0.15, 0.2) is 18.2 Å². The lowest BCUT2D eigenvalue weighted by molar-refractivity contribution is 0.206. The zero-order valence-corrected chi connectivity index (χ0v) is 12.1. The zero-order chi connectivity index (χ0) is 13.7. The zero-order valence-electron chi connectivity index (χ0n) is 11.2. The highest BCUT2D eigenvalue weighted by molar-refractivity contribution is 7.80. The van der Waals surface area contributed by atoms with Crippen molar-refractivity contribution in [2.75, 3.05) is 6.54 Å². The highest BCUT2D eigenvalue weighted by Crippen LogP contribution is 2.16. The van der Waals surface area contributed by atoms with E-state index in [1.165, 1.54) is 12.1 Å². The molecule has 18 heavy (non-hydrogen) atoms. The molecule has 0 spiro atoms. The van der Waals surface area contributed by atoms with Crippen molar-refractivity contribution in [1.82, 2.24) is 4.90 Å². The summed E-state index contributed by atoms with van der Waals surface area (Å²) in [5.74, 6) is -0.245. The monoisotopic (exact) mass is 268 g/mol. The number of nitrogens with two attached hydrogens (primary N) is 1. The van der Waals surface area contributed by atoms with Gasteiger partial charge in [-0.3, -0.25) is 4.90 Å². The summed E-state index contributed by atoms with van der Waals surface area (Å²) >= 11 is 5.01. The minimum Gasteiger partial charge on any atom is -0.389 e. The van der Waals surface area contributed by atoms with Crippen molar-refractivity contribution in [3.05, 3.63) is 35.1 Å². The van der Waals surface area contributed by atoms with Crippen LogP contribution in [0.25, 0.3) is 0 Å². The van der Waals surface area contributed by atoms with Crippen LogP contribution < -0.4 is 5.73 Å². The molecular formula is C14H21FN2S. The predicted octanol–water partition coefficient (Wildman–Crippen LogP) is 3.08. The maximum atomic E-state index is 13.3. The number of benzene rings is 1. The molecule has 2 N–H and O–H groups in total. The lowest BCUT2D eigenvalue weighted by Gasteiger charge is -2.27. The van der Waals surface area contributed by atoms with Gasteiger partial charge in [0.15, 0.2) is 0 Å². The number of hydrogen-bond acceptors (Lipinski definition) is 2. The molecule has 1 atom stereocenters. The summed E-state index contributed by atoms with van der Waals surface area (Å²) in [5, 5.41) is 0. The second-order valence-corrected chi connectivity index (χ2v) is 4.93. The topological polar surface area (TPSA) is 29.3 Å². The van der Waals surface area contributed by atoms with Crippen LogP contribution in [-0.2, 0) is 6.54 Å². The number of rotatable bonds is 6. The minimum atomic E-state index is -0.245. The van der Waals surface area contributed by atoms with E-state index in [1.54, 1.807) is 6.07 Å². The fraction of sp³-hybridized carbons (Fsp3) is 0.500. The van der Waals surface area contributed by atoms with Gasteiger partial charge in [0, 0.05) is 18.2 Å². The Labute approximate surface area is 114 Å². The Kier molecular flexibility index (Phi) is 5.69. The van der Waals surface area contributed by atoms with E-state index in [4.69, 9.17) is 18.0 Å². The highest BCUT2D eigenvalue weighted by Gasteiger charge is 2.14. The molecule has 0 fully saturated rings. The first kappa shape index (κ1) is 15.1. The van der Waals surface area contributed by atoms with Crippen molar-refractivity contribution in [3.63, 3.8) is 0 Å². The van der Waals surface area contributed by atoms with Crippen molar-refractivity contribution in [2.45, 2.75) is 39.8 Å².